The number of sulfonamides is 1. The molecular weight excluding hydrogens is 444 g/mol. The number of ether oxygens (including phenoxy) is 3. The van der Waals surface area contributed by atoms with Gasteiger partial charge in [0.25, 0.3) is 15.9 Å². The summed E-state index contributed by atoms with van der Waals surface area (Å²) in [5.74, 6) is 1.36. The Hall–Kier alpha value is -3.72. The molecule has 0 spiro atoms. The van der Waals surface area contributed by atoms with Crippen molar-refractivity contribution in [1.29, 1.82) is 0 Å². The highest BCUT2D eigenvalue weighted by Crippen LogP contribution is 2.22. The third kappa shape index (κ3) is 6.63. The maximum absolute atomic E-state index is 12.6. The van der Waals surface area contributed by atoms with Gasteiger partial charge in [0.2, 0.25) is 0 Å². The Bertz CT molecular complexity index is 1180. The monoisotopic (exact) mass is 470 g/mol. The molecule has 0 unspecified atom stereocenters. The van der Waals surface area contributed by atoms with Gasteiger partial charge in [-0.3, -0.25) is 9.52 Å². The van der Waals surface area contributed by atoms with Crippen molar-refractivity contribution in [3.05, 3.63) is 78.4 Å². The first-order chi connectivity index (χ1) is 15.8. The Labute approximate surface area is 193 Å². The van der Waals surface area contributed by atoms with Crippen LogP contribution >= 0.6 is 0 Å². The van der Waals surface area contributed by atoms with E-state index in [0.717, 1.165) is 11.3 Å². The maximum atomic E-state index is 12.6. The molecule has 3 rings (SSSR count). The average Bonchev–Trinajstić information content (AvgIpc) is 2.83. The van der Waals surface area contributed by atoms with Crippen molar-refractivity contribution in [2.45, 2.75) is 17.9 Å². The summed E-state index contributed by atoms with van der Waals surface area (Å²) in [5.41, 5.74) is 1.32. The molecule has 9 heteroatoms. The highest BCUT2D eigenvalue weighted by atomic mass is 32.2. The minimum absolute atomic E-state index is 0.0650. The number of methoxy groups -OCH3 is 2. The molecule has 8 nitrogen and oxygen atoms in total. The van der Waals surface area contributed by atoms with Crippen LogP contribution in [0, 0.1) is 0 Å². The van der Waals surface area contributed by atoms with Crippen molar-refractivity contribution in [3.8, 4) is 17.2 Å². The van der Waals surface area contributed by atoms with Crippen LogP contribution in [0.25, 0.3) is 0 Å². The molecular formula is C24H26N2O6S. The lowest BCUT2D eigenvalue weighted by atomic mass is 10.1. The molecule has 1 atom stereocenters. The van der Waals surface area contributed by atoms with Crippen LogP contribution in [0.4, 0.5) is 5.69 Å². The van der Waals surface area contributed by atoms with E-state index in [1.807, 2.05) is 31.2 Å². The van der Waals surface area contributed by atoms with E-state index in [9.17, 15) is 13.2 Å². The summed E-state index contributed by atoms with van der Waals surface area (Å²) in [6.45, 7) is 1.67. The normalized spacial score (nSPS) is 11.8. The fraction of sp³-hybridized carbons (Fsp3) is 0.208. The molecule has 0 saturated heterocycles. The molecule has 2 N–H and O–H groups in total. The van der Waals surface area contributed by atoms with E-state index in [4.69, 9.17) is 14.2 Å². The summed E-state index contributed by atoms with van der Waals surface area (Å²) in [7, 11) is -0.687. The third-order valence-corrected chi connectivity index (χ3v) is 6.22. The van der Waals surface area contributed by atoms with Gasteiger partial charge in [-0.1, -0.05) is 18.2 Å². The highest BCUT2D eigenvalue weighted by molar-refractivity contribution is 7.92. The average molecular weight is 471 g/mol. The summed E-state index contributed by atoms with van der Waals surface area (Å²) < 4.78 is 43.5. The van der Waals surface area contributed by atoms with Crippen LogP contribution in [0.2, 0.25) is 0 Å². The number of hydrogen-bond donors (Lipinski definition) is 2. The van der Waals surface area contributed by atoms with Gasteiger partial charge in [0, 0.05) is 6.07 Å². The predicted octanol–water partition coefficient (Wildman–Crippen LogP) is 3.76. The molecule has 0 aromatic heterocycles. The summed E-state index contributed by atoms with van der Waals surface area (Å²) in [6.07, 6.45) is 0. The van der Waals surface area contributed by atoms with Gasteiger partial charge in [0.05, 0.1) is 30.8 Å². The topological polar surface area (TPSA) is 103 Å². The predicted molar refractivity (Wildman–Crippen MR) is 125 cm³/mol. The van der Waals surface area contributed by atoms with Crippen molar-refractivity contribution in [1.82, 2.24) is 5.32 Å². The second kappa shape index (κ2) is 10.7. The molecule has 3 aromatic rings. The number of amides is 1. The van der Waals surface area contributed by atoms with Gasteiger partial charge in [-0.25, -0.2) is 8.42 Å². The number of anilines is 1. The smallest absolute Gasteiger partial charge is 0.261 e. The molecule has 174 valence electrons. The van der Waals surface area contributed by atoms with E-state index in [-0.39, 0.29) is 23.5 Å². The second-order valence-electron chi connectivity index (χ2n) is 7.16. The van der Waals surface area contributed by atoms with Crippen LogP contribution in [0.5, 0.6) is 17.2 Å². The number of hydrogen-bond acceptors (Lipinski definition) is 6. The van der Waals surface area contributed by atoms with E-state index in [0.29, 0.717) is 17.2 Å². The van der Waals surface area contributed by atoms with Gasteiger partial charge >= 0.3 is 0 Å². The summed E-state index contributed by atoms with van der Waals surface area (Å²) in [4.78, 5) is 12.3. The highest BCUT2D eigenvalue weighted by Gasteiger charge is 2.15. The fourth-order valence-electron chi connectivity index (χ4n) is 3.02. The first-order valence-corrected chi connectivity index (χ1v) is 11.6. The van der Waals surface area contributed by atoms with Gasteiger partial charge in [-0.05, 0) is 61.0 Å². The lowest BCUT2D eigenvalue weighted by molar-refractivity contribution is -0.123. The summed E-state index contributed by atoms with van der Waals surface area (Å²) >= 11 is 0. The Morgan fingerprint density at radius 3 is 2.15 bits per heavy atom. The van der Waals surface area contributed by atoms with Gasteiger partial charge in [0.1, 0.15) is 17.2 Å². The lowest BCUT2D eigenvalue weighted by Gasteiger charge is -2.15. The number of rotatable bonds is 10. The largest absolute Gasteiger partial charge is 0.497 e. The zero-order valence-corrected chi connectivity index (χ0v) is 19.4. The number of benzene rings is 3. The first-order valence-electron chi connectivity index (χ1n) is 10.1. The standard InChI is InChI=1S/C24H26N2O6S/c1-17(18-7-9-20(30-2)10-8-18)25-24(27)16-32-21-11-13-23(14-12-21)33(28,29)26-19-5-4-6-22(15-19)31-3/h4-15,17,26H,16H2,1-3H3,(H,25,27)/t17-/m0/s1. The van der Waals surface area contributed by atoms with Crippen molar-refractivity contribution in [3.63, 3.8) is 0 Å². The minimum atomic E-state index is -3.79. The Balaban J connectivity index is 1.54. The number of carbonyl (C=O) groups excluding carboxylic acids is 1. The van der Waals surface area contributed by atoms with E-state index in [2.05, 4.69) is 10.0 Å². The Kier molecular flexibility index (Phi) is 7.78. The van der Waals surface area contributed by atoms with Crippen LogP contribution in [-0.2, 0) is 14.8 Å². The zero-order chi connectivity index (χ0) is 23.8. The van der Waals surface area contributed by atoms with Gasteiger partial charge < -0.3 is 19.5 Å². The molecule has 1 amide bonds. The van der Waals surface area contributed by atoms with Crippen LogP contribution in [0.15, 0.2) is 77.7 Å². The molecule has 0 saturated carbocycles. The molecule has 0 bridgehead atoms. The van der Waals surface area contributed by atoms with E-state index >= 15 is 0 Å². The van der Waals surface area contributed by atoms with E-state index < -0.39 is 10.0 Å². The fourth-order valence-corrected chi connectivity index (χ4v) is 4.07. The van der Waals surface area contributed by atoms with Crippen molar-refractivity contribution in [2.24, 2.45) is 0 Å². The maximum Gasteiger partial charge on any atom is 0.261 e. The molecule has 3 aromatic carbocycles. The summed E-state index contributed by atoms with van der Waals surface area (Å²) in [6, 6.07) is 19.6. The molecule has 0 fully saturated rings. The summed E-state index contributed by atoms with van der Waals surface area (Å²) in [5, 5.41) is 2.86. The molecule has 0 aliphatic carbocycles. The minimum Gasteiger partial charge on any atom is -0.497 e. The molecule has 0 aliphatic heterocycles. The Morgan fingerprint density at radius 2 is 1.52 bits per heavy atom. The molecule has 0 heterocycles. The number of nitrogens with one attached hydrogen (secondary N) is 2. The molecule has 33 heavy (non-hydrogen) atoms. The second-order valence-corrected chi connectivity index (χ2v) is 8.84. The SMILES string of the molecule is COc1ccc([C@H](C)NC(=O)COc2ccc(S(=O)(=O)Nc3cccc(OC)c3)cc2)cc1. The van der Waals surface area contributed by atoms with Gasteiger partial charge in [-0.15, -0.1) is 0 Å². The van der Waals surface area contributed by atoms with Gasteiger partial charge in [-0.2, -0.15) is 0 Å². The van der Waals surface area contributed by atoms with Crippen LogP contribution < -0.4 is 24.2 Å². The first kappa shape index (κ1) is 23.9. The van der Waals surface area contributed by atoms with Crippen molar-refractivity contribution in [2.75, 3.05) is 25.5 Å². The lowest BCUT2D eigenvalue weighted by Crippen LogP contribution is -2.31. The quantitative estimate of drug-likeness (QED) is 0.468. The third-order valence-electron chi connectivity index (χ3n) is 4.82. The van der Waals surface area contributed by atoms with Crippen LogP contribution in [0.3, 0.4) is 0 Å². The van der Waals surface area contributed by atoms with Crippen molar-refractivity contribution >= 4 is 21.6 Å². The van der Waals surface area contributed by atoms with E-state index in [1.54, 1.807) is 31.4 Å². The zero-order valence-electron chi connectivity index (χ0n) is 18.6. The van der Waals surface area contributed by atoms with Crippen molar-refractivity contribution < 1.29 is 27.4 Å². The van der Waals surface area contributed by atoms with Gasteiger partial charge in [0.15, 0.2) is 6.61 Å². The van der Waals surface area contributed by atoms with Crippen LogP contribution in [0.1, 0.15) is 18.5 Å². The molecule has 0 radical (unpaired) electrons. The number of carbonyl (C=O) groups is 1. The van der Waals surface area contributed by atoms with E-state index in [1.165, 1.54) is 31.4 Å². The Morgan fingerprint density at radius 1 is 0.879 bits per heavy atom. The molecule has 0 aliphatic rings. The van der Waals surface area contributed by atoms with Crippen LogP contribution in [-0.4, -0.2) is 35.2 Å².